The molecule has 18 heavy (non-hydrogen) atoms. The molecule has 0 saturated carbocycles. The van der Waals surface area contributed by atoms with Gasteiger partial charge in [-0.2, -0.15) is 0 Å². The molecule has 4 nitrogen and oxygen atoms in total. The van der Waals surface area contributed by atoms with Crippen molar-refractivity contribution in [1.82, 2.24) is 0 Å². The quantitative estimate of drug-likeness (QED) is 0.859. The number of aryl methyl sites for hydroxylation is 1. The largest absolute Gasteiger partial charge is 0.495 e. The molecule has 1 saturated heterocycles. The summed E-state index contributed by atoms with van der Waals surface area (Å²) in [7, 11) is 1.65. The van der Waals surface area contributed by atoms with Crippen molar-refractivity contribution < 1.29 is 14.6 Å². The first-order valence-corrected chi connectivity index (χ1v) is 6.32. The highest BCUT2D eigenvalue weighted by Crippen LogP contribution is 2.27. The number of ether oxygens (including phenoxy) is 2. The van der Waals surface area contributed by atoms with Crippen LogP contribution in [0.15, 0.2) is 18.2 Å². The molecule has 1 aromatic rings. The Bertz CT molecular complexity index is 400. The van der Waals surface area contributed by atoms with Gasteiger partial charge in [0.1, 0.15) is 5.75 Å². The monoisotopic (exact) mass is 251 g/mol. The van der Waals surface area contributed by atoms with Crippen molar-refractivity contribution in [3.63, 3.8) is 0 Å². The standard InChI is InChI=1S/C14H21NO3/c1-11-3-4-13(17-2)12(9-11)15-10-14(16)5-7-18-8-6-14/h3-4,9,15-16H,5-8,10H2,1-2H3. The second kappa shape index (κ2) is 5.59. The van der Waals surface area contributed by atoms with Crippen LogP contribution in [0.25, 0.3) is 0 Å². The Morgan fingerprint density at radius 2 is 2.11 bits per heavy atom. The van der Waals surface area contributed by atoms with E-state index in [1.165, 1.54) is 0 Å². The molecule has 2 N–H and O–H groups in total. The summed E-state index contributed by atoms with van der Waals surface area (Å²) in [4.78, 5) is 0. The smallest absolute Gasteiger partial charge is 0.141 e. The zero-order valence-corrected chi connectivity index (χ0v) is 11.0. The van der Waals surface area contributed by atoms with Gasteiger partial charge in [-0.1, -0.05) is 6.07 Å². The molecule has 0 amide bonds. The van der Waals surface area contributed by atoms with Crippen molar-refractivity contribution in [1.29, 1.82) is 0 Å². The second-order valence-electron chi connectivity index (χ2n) is 4.89. The Morgan fingerprint density at radius 1 is 1.39 bits per heavy atom. The highest BCUT2D eigenvalue weighted by Gasteiger charge is 2.29. The second-order valence-corrected chi connectivity index (χ2v) is 4.89. The molecule has 4 heteroatoms. The number of hydrogen-bond donors (Lipinski definition) is 2. The Hall–Kier alpha value is -1.26. The molecule has 0 atom stereocenters. The molecule has 0 spiro atoms. The van der Waals surface area contributed by atoms with Gasteiger partial charge in [-0.25, -0.2) is 0 Å². The van der Waals surface area contributed by atoms with Crippen molar-refractivity contribution in [3.05, 3.63) is 23.8 Å². The molecule has 0 aromatic heterocycles. The van der Waals surface area contributed by atoms with E-state index in [1.54, 1.807) is 7.11 Å². The summed E-state index contributed by atoms with van der Waals surface area (Å²) < 4.78 is 10.6. The topological polar surface area (TPSA) is 50.7 Å². The highest BCUT2D eigenvalue weighted by molar-refractivity contribution is 5.58. The zero-order chi connectivity index (χ0) is 13.0. The van der Waals surface area contributed by atoms with Crippen LogP contribution in [0.1, 0.15) is 18.4 Å². The summed E-state index contributed by atoms with van der Waals surface area (Å²) in [5, 5.41) is 13.7. The summed E-state index contributed by atoms with van der Waals surface area (Å²) in [6.07, 6.45) is 1.35. The highest BCUT2D eigenvalue weighted by atomic mass is 16.5. The third kappa shape index (κ3) is 3.15. The summed E-state index contributed by atoms with van der Waals surface area (Å²) in [6, 6.07) is 5.97. The van der Waals surface area contributed by atoms with Crippen molar-refractivity contribution in [2.75, 3.05) is 32.2 Å². The predicted octanol–water partition coefficient (Wildman–Crippen LogP) is 1.96. The van der Waals surface area contributed by atoms with Gasteiger partial charge in [0, 0.05) is 32.6 Å². The van der Waals surface area contributed by atoms with Gasteiger partial charge in [0.2, 0.25) is 0 Å². The maximum absolute atomic E-state index is 10.4. The van der Waals surface area contributed by atoms with Gasteiger partial charge in [0.25, 0.3) is 0 Å². The number of anilines is 1. The Kier molecular flexibility index (Phi) is 4.09. The molecule has 1 aliphatic rings. The maximum Gasteiger partial charge on any atom is 0.141 e. The van der Waals surface area contributed by atoms with E-state index >= 15 is 0 Å². The van der Waals surface area contributed by atoms with Gasteiger partial charge in [-0.15, -0.1) is 0 Å². The Morgan fingerprint density at radius 3 is 2.78 bits per heavy atom. The molecule has 1 heterocycles. The average Bonchev–Trinajstić information content (AvgIpc) is 2.38. The lowest BCUT2D eigenvalue weighted by molar-refractivity contribution is -0.0543. The average molecular weight is 251 g/mol. The Balaban J connectivity index is 2.02. The van der Waals surface area contributed by atoms with Crippen LogP contribution < -0.4 is 10.1 Å². The molecular weight excluding hydrogens is 230 g/mol. The summed E-state index contributed by atoms with van der Waals surface area (Å²) in [6.45, 7) is 3.82. The minimum Gasteiger partial charge on any atom is -0.495 e. The van der Waals surface area contributed by atoms with E-state index in [4.69, 9.17) is 9.47 Å². The molecule has 100 valence electrons. The molecule has 1 aliphatic heterocycles. The first-order chi connectivity index (χ1) is 8.63. The van der Waals surface area contributed by atoms with Crippen LogP contribution in [0.4, 0.5) is 5.69 Å². The van der Waals surface area contributed by atoms with E-state index in [-0.39, 0.29) is 0 Å². The lowest BCUT2D eigenvalue weighted by atomic mass is 9.94. The number of methoxy groups -OCH3 is 1. The first kappa shape index (κ1) is 13.2. The molecule has 0 aliphatic carbocycles. The van der Waals surface area contributed by atoms with Crippen molar-refractivity contribution in [2.45, 2.75) is 25.4 Å². The predicted molar refractivity (Wildman–Crippen MR) is 71.2 cm³/mol. The van der Waals surface area contributed by atoms with Crippen LogP contribution >= 0.6 is 0 Å². The van der Waals surface area contributed by atoms with Gasteiger partial charge in [0.15, 0.2) is 0 Å². The van der Waals surface area contributed by atoms with Crippen LogP contribution in [0.3, 0.4) is 0 Å². The molecular formula is C14H21NO3. The normalized spacial score (nSPS) is 18.4. The minimum absolute atomic E-state index is 0.524. The molecule has 0 radical (unpaired) electrons. The number of rotatable bonds is 4. The van der Waals surface area contributed by atoms with E-state index in [9.17, 15) is 5.11 Å². The van der Waals surface area contributed by atoms with Crippen molar-refractivity contribution in [3.8, 4) is 5.75 Å². The van der Waals surface area contributed by atoms with Gasteiger partial charge in [-0.3, -0.25) is 0 Å². The van der Waals surface area contributed by atoms with Crippen LogP contribution in [0.5, 0.6) is 5.75 Å². The molecule has 1 fully saturated rings. The van der Waals surface area contributed by atoms with E-state index < -0.39 is 5.60 Å². The summed E-state index contributed by atoms with van der Waals surface area (Å²) in [5.74, 6) is 0.802. The number of benzene rings is 1. The van der Waals surface area contributed by atoms with Crippen LogP contribution in [0.2, 0.25) is 0 Å². The number of nitrogens with one attached hydrogen (secondary N) is 1. The van der Waals surface area contributed by atoms with E-state index in [1.807, 2.05) is 25.1 Å². The molecule has 1 aromatic carbocycles. The number of aliphatic hydroxyl groups is 1. The van der Waals surface area contributed by atoms with E-state index in [0.717, 1.165) is 17.0 Å². The zero-order valence-electron chi connectivity index (χ0n) is 11.0. The van der Waals surface area contributed by atoms with E-state index in [0.29, 0.717) is 32.6 Å². The van der Waals surface area contributed by atoms with Gasteiger partial charge < -0.3 is 19.9 Å². The van der Waals surface area contributed by atoms with Crippen LogP contribution in [-0.4, -0.2) is 37.6 Å². The van der Waals surface area contributed by atoms with Crippen molar-refractivity contribution in [2.24, 2.45) is 0 Å². The van der Waals surface area contributed by atoms with Crippen molar-refractivity contribution >= 4 is 5.69 Å². The lowest BCUT2D eigenvalue weighted by Gasteiger charge is -2.32. The summed E-state index contributed by atoms with van der Waals surface area (Å²) >= 11 is 0. The third-order valence-corrected chi connectivity index (χ3v) is 3.39. The molecule has 2 rings (SSSR count). The van der Waals surface area contributed by atoms with Gasteiger partial charge in [-0.05, 0) is 24.6 Å². The van der Waals surface area contributed by atoms with E-state index in [2.05, 4.69) is 5.32 Å². The maximum atomic E-state index is 10.4. The third-order valence-electron chi connectivity index (χ3n) is 3.39. The van der Waals surface area contributed by atoms with Crippen LogP contribution in [0, 0.1) is 6.92 Å². The lowest BCUT2D eigenvalue weighted by Crippen LogP contribution is -2.42. The number of hydrogen-bond acceptors (Lipinski definition) is 4. The Labute approximate surface area is 108 Å². The SMILES string of the molecule is COc1ccc(C)cc1NCC1(O)CCOCC1. The van der Waals surface area contributed by atoms with Crippen LogP contribution in [-0.2, 0) is 4.74 Å². The van der Waals surface area contributed by atoms with Gasteiger partial charge >= 0.3 is 0 Å². The minimum atomic E-state index is -0.674. The first-order valence-electron chi connectivity index (χ1n) is 6.32. The summed E-state index contributed by atoms with van der Waals surface area (Å²) in [5.41, 5.74) is 1.42. The molecule has 0 bridgehead atoms. The fraction of sp³-hybridized carbons (Fsp3) is 0.571. The van der Waals surface area contributed by atoms with Gasteiger partial charge in [0.05, 0.1) is 18.4 Å². The molecule has 0 unspecified atom stereocenters. The fourth-order valence-electron chi connectivity index (χ4n) is 2.15. The fourth-order valence-corrected chi connectivity index (χ4v) is 2.15.